The van der Waals surface area contributed by atoms with Crippen molar-refractivity contribution in [1.29, 1.82) is 0 Å². The van der Waals surface area contributed by atoms with Crippen LogP contribution in [0, 0.1) is 11.8 Å². The summed E-state index contributed by atoms with van der Waals surface area (Å²) < 4.78 is 22.9. The zero-order valence-electron chi connectivity index (χ0n) is 15.5. The van der Waals surface area contributed by atoms with Gasteiger partial charge in [0.15, 0.2) is 15.8 Å². The Kier molecular flexibility index (Phi) is 13.2. The summed E-state index contributed by atoms with van der Waals surface area (Å²) in [5, 5.41) is 6.59. The summed E-state index contributed by atoms with van der Waals surface area (Å²) in [6.45, 7) is 8.94. The van der Waals surface area contributed by atoms with Crippen molar-refractivity contribution in [2.75, 3.05) is 31.1 Å². The highest BCUT2D eigenvalue weighted by Crippen LogP contribution is 2.18. The summed E-state index contributed by atoms with van der Waals surface area (Å²) >= 11 is 0. The minimum Gasteiger partial charge on any atom is -0.357 e. The zero-order chi connectivity index (χ0) is 17.1. The second-order valence-corrected chi connectivity index (χ2v) is 9.24. The van der Waals surface area contributed by atoms with Gasteiger partial charge >= 0.3 is 0 Å². The molecule has 1 heterocycles. The maximum absolute atomic E-state index is 11.5. The first-order chi connectivity index (χ1) is 10.9. The first kappa shape index (κ1) is 23.9. The molecule has 0 aromatic heterocycles. The molecule has 0 aliphatic carbocycles. The van der Waals surface area contributed by atoms with Gasteiger partial charge in [-0.1, -0.05) is 39.5 Å². The van der Waals surface area contributed by atoms with Crippen molar-refractivity contribution in [3.8, 4) is 0 Å². The SMILES string of the molecule is CCNC(=NCC1CCS(=O)(=O)C1)NCCCCCCC(C)C.I. The number of guanidine groups is 1. The molecule has 0 amide bonds. The molecule has 0 spiro atoms. The average molecular weight is 473 g/mol. The first-order valence-electron chi connectivity index (χ1n) is 9.15. The van der Waals surface area contributed by atoms with E-state index in [2.05, 4.69) is 29.5 Å². The van der Waals surface area contributed by atoms with E-state index in [1.807, 2.05) is 6.92 Å². The van der Waals surface area contributed by atoms with E-state index < -0.39 is 9.84 Å². The van der Waals surface area contributed by atoms with E-state index in [4.69, 9.17) is 0 Å². The Morgan fingerprint density at radius 3 is 2.46 bits per heavy atom. The Morgan fingerprint density at radius 1 is 1.17 bits per heavy atom. The highest BCUT2D eigenvalue weighted by atomic mass is 127. The Hall–Kier alpha value is -0.0500. The molecule has 1 unspecified atom stereocenters. The lowest BCUT2D eigenvalue weighted by Gasteiger charge is -2.12. The molecule has 1 rings (SSSR count). The molecule has 1 atom stereocenters. The van der Waals surface area contributed by atoms with Crippen molar-refractivity contribution >= 4 is 39.8 Å². The van der Waals surface area contributed by atoms with E-state index in [0.717, 1.165) is 37.8 Å². The van der Waals surface area contributed by atoms with Crippen LogP contribution >= 0.6 is 24.0 Å². The number of nitrogens with one attached hydrogen (secondary N) is 2. The van der Waals surface area contributed by atoms with Gasteiger partial charge < -0.3 is 10.6 Å². The lowest BCUT2D eigenvalue weighted by Crippen LogP contribution is -2.38. The van der Waals surface area contributed by atoms with E-state index in [0.29, 0.717) is 18.1 Å². The van der Waals surface area contributed by atoms with Gasteiger partial charge in [0.1, 0.15) is 0 Å². The second kappa shape index (κ2) is 13.2. The molecular formula is C17H36IN3O2S. The molecule has 1 aliphatic rings. The number of unbranched alkanes of at least 4 members (excludes halogenated alkanes) is 3. The molecule has 0 bridgehead atoms. The minimum atomic E-state index is -2.80. The number of hydrogen-bond acceptors (Lipinski definition) is 3. The third kappa shape index (κ3) is 11.5. The fourth-order valence-corrected chi connectivity index (χ4v) is 4.67. The Labute approximate surface area is 165 Å². The quantitative estimate of drug-likeness (QED) is 0.221. The van der Waals surface area contributed by atoms with Crippen LogP contribution < -0.4 is 10.6 Å². The summed E-state index contributed by atoms with van der Waals surface area (Å²) in [5.74, 6) is 2.43. The minimum absolute atomic E-state index is 0. The first-order valence-corrected chi connectivity index (χ1v) is 11.0. The van der Waals surface area contributed by atoms with Crippen LogP contribution in [0.5, 0.6) is 0 Å². The van der Waals surface area contributed by atoms with Crippen LogP contribution in [0.2, 0.25) is 0 Å². The average Bonchev–Trinajstić information content (AvgIpc) is 2.82. The molecule has 144 valence electrons. The van der Waals surface area contributed by atoms with Crippen LogP contribution in [0.15, 0.2) is 4.99 Å². The lowest BCUT2D eigenvalue weighted by molar-refractivity contribution is 0.518. The maximum Gasteiger partial charge on any atom is 0.191 e. The Bertz CT molecular complexity index is 453. The van der Waals surface area contributed by atoms with E-state index in [1.165, 1.54) is 25.7 Å². The predicted octanol–water partition coefficient (Wildman–Crippen LogP) is 3.20. The van der Waals surface area contributed by atoms with Gasteiger partial charge in [-0.25, -0.2) is 8.42 Å². The van der Waals surface area contributed by atoms with Gasteiger partial charge in [0, 0.05) is 19.6 Å². The van der Waals surface area contributed by atoms with Crippen LogP contribution in [0.3, 0.4) is 0 Å². The van der Waals surface area contributed by atoms with Gasteiger partial charge in [0.2, 0.25) is 0 Å². The fourth-order valence-electron chi connectivity index (χ4n) is 2.82. The molecule has 1 saturated heterocycles. The number of hydrogen-bond donors (Lipinski definition) is 2. The van der Waals surface area contributed by atoms with Gasteiger partial charge in [-0.15, -0.1) is 24.0 Å². The van der Waals surface area contributed by atoms with Crippen LogP contribution in [0.4, 0.5) is 0 Å². The number of rotatable bonds is 10. The van der Waals surface area contributed by atoms with E-state index in [-0.39, 0.29) is 29.9 Å². The van der Waals surface area contributed by atoms with Crippen LogP contribution in [0.25, 0.3) is 0 Å². The van der Waals surface area contributed by atoms with Gasteiger partial charge in [-0.2, -0.15) is 0 Å². The lowest BCUT2D eigenvalue weighted by atomic mass is 10.0. The van der Waals surface area contributed by atoms with E-state index in [1.54, 1.807) is 0 Å². The van der Waals surface area contributed by atoms with Crippen LogP contribution in [0.1, 0.15) is 59.3 Å². The fraction of sp³-hybridized carbons (Fsp3) is 0.941. The third-order valence-corrected chi connectivity index (χ3v) is 6.02. The third-order valence-electron chi connectivity index (χ3n) is 4.18. The number of aliphatic imine (C=N–C) groups is 1. The normalized spacial score (nSPS) is 20.0. The highest BCUT2D eigenvalue weighted by Gasteiger charge is 2.27. The smallest absolute Gasteiger partial charge is 0.191 e. The monoisotopic (exact) mass is 473 g/mol. The van der Waals surface area contributed by atoms with Gasteiger partial charge in [-0.05, 0) is 31.6 Å². The molecule has 5 nitrogen and oxygen atoms in total. The van der Waals surface area contributed by atoms with Crippen molar-refractivity contribution in [3.63, 3.8) is 0 Å². The highest BCUT2D eigenvalue weighted by molar-refractivity contribution is 14.0. The molecule has 24 heavy (non-hydrogen) atoms. The molecule has 0 aromatic carbocycles. The van der Waals surface area contributed by atoms with E-state index in [9.17, 15) is 8.42 Å². The number of sulfone groups is 1. The summed E-state index contributed by atoms with van der Waals surface area (Å²) in [4.78, 5) is 4.55. The van der Waals surface area contributed by atoms with Gasteiger partial charge in [-0.3, -0.25) is 4.99 Å². The molecule has 0 aromatic rings. The zero-order valence-corrected chi connectivity index (χ0v) is 18.7. The molecule has 7 heteroatoms. The molecule has 0 saturated carbocycles. The van der Waals surface area contributed by atoms with Crippen molar-refractivity contribution in [3.05, 3.63) is 0 Å². The van der Waals surface area contributed by atoms with Crippen LogP contribution in [-0.4, -0.2) is 45.5 Å². The Balaban J connectivity index is 0.00000529. The molecular weight excluding hydrogens is 437 g/mol. The summed E-state index contributed by atoms with van der Waals surface area (Å²) in [6.07, 6.45) is 7.10. The largest absolute Gasteiger partial charge is 0.357 e. The van der Waals surface area contributed by atoms with Crippen molar-refractivity contribution in [2.45, 2.75) is 59.3 Å². The Morgan fingerprint density at radius 2 is 1.88 bits per heavy atom. The number of nitrogens with zero attached hydrogens (tertiary/aromatic N) is 1. The molecule has 0 radical (unpaired) electrons. The van der Waals surface area contributed by atoms with Crippen LogP contribution in [-0.2, 0) is 9.84 Å². The summed E-state index contributed by atoms with van der Waals surface area (Å²) in [5.41, 5.74) is 0. The van der Waals surface area contributed by atoms with Gasteiger partial charge in [0.05, 0.1) is 11.5 Å². The second-order valence-electron chi connectivity index (χ2n) is 7.01. The summed E-state index contributed by atoms with van der Waals surface area (Å²) in [6, 6.07) is 0. The topological polar surface area (TPSA) is 70.6 Å². The predicted molar refractivity (Wildman–Crippen MR) is 114 cm³/mol. The molecule has 1 fully saturated rings. The molecule has 1 aliphatic heterocycles. The van der Waals surface area contributed by atoms with E-state index >= 15 is 0 Å². The maximum atomic E-state index is 11.5. The molecule has 2 N–H and O–H groups in total. The summed E-state index contributed by atoms with van der Waals surface area (Å²) in [7, 11) is -2.80. The standard InChI is InChI=1S/C17H35N3O2S.HI/c1-4-18-17(19-11-8-6-5-7-9-15(2)3)20-13-16-10-12-23(21,22)14-16;/h15-16H,4-14H2,1-3H3,(H2,18,19,20);1H. The van der Waals surface area contributed by atoms with Crippen molar-refractivity contribution in [2.24, 2.45) is 16.8 Å². The van der Waals surface area contributed by atoms with Crippen molar-refractivity contribution < 1.29 is 8.42 Å². The van der Waals surface area contributed by atoms with Crippen molar-refractivity contribution in [1.82, 2.24) is 10.6 Å². The van der Waals surface area contributed by atoms with Gasteiger partial charge in [0.25, 0.3) is 0 Å². The number of halogens is 1.